The van der Waals surface area contributed by atoms with Crippen molar-refractivity contribution in [3.8, 4) is 0 Å². The van der Waals surface area contributed by atoms with Crippen molar-refractivity contribution < 1.29 is 9.53 Å². The van der Waals surface area contributed by atoms with E-state index in [0.29, 0.717) is 12.5 Å². The van der Waals surface area contributed by atoms with Gasteiger partial charge in [-0.05, 0) is 38.0 Å². The van der Waals surface area contributed by atoms with Crippen LogP contribution >= 0.6 is 0 Å². The lowest BCUT2D eigenvalue weighted by atomic mass is 9.89. The van der Waals surface area contributed by atoms with Gasteiger partial charge in [-0.3, -0.25) is 4.79 Å². The zero-order valence-corrected chi connectivity index (χ0v) is 10.7. The molecule has 1 aliphatic carbocycles. The molecule has 1 aliphatic heterocycles. The van der Waals surface area contributed by atoms with Gasteiger partial charge in [-0.1, -0.05) is 19.3 Å². The summed E-state index contributed by atoms with van der Waals surface area (Å²) >= 11 is 0. The minimum absolute atomic E-state index is 0.214. The van der Waals surface area contributed by atoms with Crippen LogP contribution in [-0.4, -0.2) is 25.2 Å². The average molecular weight is 239 g/mol. The van der Waals surface area contributed by atoms with Crippen LogP contribution in [-0.2, 0) is 9.53 Å². The maximum absolute atomic E-state index is 11.7. The van der Waals surface area contributed by atoms with Crippen LogP contribution in [0.1, 0.15) is 57.8 Å². The smallest absolute Gasteiger partial charge is 0.220 e. The number of carbonyl (C=O) groups excluding carboxylic acids is 1. The lowest BCUT2D eigenvalue weighted by Gasteiger charge is -2.21. The molecule has 0 aromatic carbocycles. The van der Waals surface area contributed by atoms with Gasteiger partial charge in [0, 0.05) is 19.6 Å². The van der Waals surface area contributed by atoms with Gasteiger partial charge in [-0.15, -0.1) is 0 Å². The van der Waals surface area contributed by atoms with Crippen LogP contribution in [0.25, 0.3) is 0 Å². The summed E-state index contributed by atoms with van der Waals surface area (Å²) in [6.07, 6.45) is 10.8. The van der Waals surface area contributed by atoms with E-state index in [0.717, 1.165) is 38.3 Å². The van der Waals surface area contributed by atoms with E-state index in [9.17, 15) is 4.79 Å². The highest BCUT2D eigenvalue weighted by atomic mass is 16.5. The average Bonchev–Trinajstić information content (AvgIpc) is 2.88. The normalized spacial score (nSPS) is 26.0. The van der Waals surface area contributed by atoms with Crippen molar-refractivity contribution in [3.05, 3.63) is 0 Å². The van der Waals surface area contributed by atoms with E-state index >= 15 is 0 Å². The second-order valence-electron chi connectivity index (χ2n) is 5.48. The number of rotatable bonds is 5. The Hall–Kier alpha value is -0.570. The van der Waals surface area contributed by atoms with Crippen LogP contribution in [0.2, 0.25) is 0 Å². The Labute approximate surface area is 104 Å². The quantitative estimate of drug-likeness (QED) is 0.801. The summed E-state index contributed by atoms with van der Waals surface area (Å²) in [6, 6.07) is 0. The van der Waals surface area contributed by atoms with E-state index in [1.54, 1.807) is 0 Å². The molecular weight excluding hydrogens is 214 g/mol. The number of carbonyl (C=O) groups is 1. The monoisotopic (exact) mass is 239 g/mol. The van der Waals surface area contributed by atoms with Gasteiger partial charge in [-0.25, -0.2) is 0 Å². The SMILES string of the molecule is O=C(CC[C@H]1CCCO1)NCC1CCCCC1. The molecule has 0 radical (unpaired) electrons. The van der Waals surface area contributed by atoms with Gasteiger partial charge < -0.3 is 10.1 Å². The highest BCUT2D eigenvalue weighted by Gasteiger charge is 2.17. The fourth-order valence-electron chi connectivity index (χ4n) is 2.90. The van der Waals surface area contributed by atoms with E-state index in [1.165, 1.54) is 32.1 Å². The molecule has 0 aromatic rings. The molecular formula is C14H25NO2. The van der Waals surface area contributed by atoms with E-state index in [1.807, 2.05) is 0 Å². The van der Waals surface area contributed by atoms with E-state index in [4.69, 9.17) is 4.74 Å². The molecule has 1 N–H and O–H groups in total. The molecule has 1 saturated heterocycles. The summed E-state index contributed by atoms with van der Waals surface area (Å²) in [5.74, 6) is 0.946. The number of nitrogens with one attached hydrogen (secondary N) is 1. The molecule has 3 nitrogen and oxygen atoms in total. The molecule has 2 aliphatic rings. The minimum Gasteiger partial charge on any atom is -0.378 e. The van der Waals surface area contributed by atoms with Crippen LogP contribution in [0.5, 0.6) is 0 Å². The van der Waals surface area contributed by atoms with Gasteiger partial charge in [0.05, 0.1) is 6.10 Å². The Morgan fingerprint density at radius 1 is 1.12 bits per heavy atom. The molecule has 0 bridgehead atoms. The first-order valence-electron chi connectivity index (χ1n) is 7.23. The van der Waals surface area contributed by atoms with Crippen LogP contribution in [0.4, 0.5) is 0 Å². The maximum atomic E-state index is 11.7. The highest BCUT2D eigenvalue weighted by molar-refractivity contribution is 5.75. The van der Waals surface area contributed by atoms with E-state index < -0.39 is 0 Å². The third kappa shape index (κ3) is 4.66. The zero-order chi connectivity index (χ0) is 11.9. The van der Waals surface area contributed by atoms with Crippen molar-refractivity contribution in [2.45, 2.75) is 63.9 Å². The topological polar surface area (TPSA) is 38.3 Å². The van der Waals surface area contributed by atoms with Crippen molar-refractivity contribution in [1.82, 2.24) is 5.32 Å². The fourth-order valence-corrected chi connectivity index (χ4v) is 2.90. The summed E-state index contributed by atoms with van der Waals surface area (Å²) in [7, 11) is 0. The second kappa shape index (κ2) is 7.00. The van der Waals surface area contributed by atoms with Gasteiger partial charge >= 0.3 is 0 Å². The molecule has 1 amide bonds. The molecule has 2 rings (SSSR count). The number of hydrogen-bond acceptors (Lipinski definition) is 2. The standard InChI is InChI=1S/C14H25NO2/c16-14(9-8-13-7-4-10-17-13)15-11-12-5-2-1-3-6-12/h12-13H,1-11H2,(H,15,16)/t13-/m1/s1. The van der Waals surface area contributed by atoms with Crippen LogP contribution in [0, 0.1) is 5.92 Å². The highest BCUT2D eigenvalue weighted by Crippen LogP contribution is 2.22. The van der Waals surface area contributed by atoms with Gasteiger partial charge in [0.25, 0.3) is 0 Å². The summed E-state index contributed by atoms with van der Waals surface area (Å²) in [5.41, 5.74) is 0. The van der Waals surface area contributed by atoms with E-state index in [-0.39, 0.29) is 5.91 Å². The summed E-state index contributed by atoms with van der Waals surface area (Å²) < 4.78 is 5.52. The molecule has 17 heavy (non-hydrogen) atoms. The lowest BCUT2D eigenvalue weighted by molar-refractivity contribution is -0.121. The van der Waals surface area contributed by atoms with E-state index in [2.05, 4.69) is 5.32 Å². The Balaban J connectivity index is 1.53. The number of amides is 1. The predicted molar refractivity (Wildman–Crippen MR) is 67.8 cm³/mol. The second-order valence-corrected chi connectivity index (χ2v) is 5.48. The maximum Gasteiger partial charge on any atom is 0.220 e. The van der Waals surface area contributed by atoms with Crippen molar-refractivity contribution in [2.24, 2.45) is 5.92 Å². The first-order valence-corrected chi connectivity index (χ1v) is 7.23. The molecule has 0 spiro atoms. The van der Waals surface area contributed by atoms with Crippen molar-refractivity contribution in [2.75, 3.05) is 13.2 Å². The first-order chi connectivity index (χ1) is 8.34. The molecule has 98 valence electrons. The molecule has 2 fully saturated rings. The van der Waals surface area contributed by atoms with Gasteiger partial charge in [0.2, 0.25) is 5.91 Å². The largest absolute Gasteiger partial charge is 0.378 e. The first kappa shape index (κ1) is 12.9. The molecule has 1 atom stereocenters. The Bertz CT molecular complexity index is 230. The third-order valence-electron chi connectivity index (χ3n) is 4.03. The Morgan fingerprint density at radius 3 is 2.65 bits per heavy atom. The summed E-state index contributed by atoms with van der Waals surface area (Å²) in [6.45, 7) is 1.78. The third-order valence-corrected chi connectivity index (χ3v) is 4.03. The van der Waals surface area contributed by atoms with Crippen molar-refractivity contribution in [3.63, 3.8) is 0 Å². The molecule has 1 saturated carbocycles. The van der Waals surface area contributed by atoms with Crippen molar-refractivity contribution in [1.29, 1.82) is 0 Å². The summed E-state index contributed by atoms with van der Waals surface area (Å²) in [5, 5.41) is 3.08. The predicted octanol–water partition coefficient (Wildman–Crippen LogP) is 2.64. The summed E-state index contributed by atoms with van der Waals surface area (Å²) in [4.78, 5) is 11.7. The number of ether oxygens (including phenoxy) is 1. The minimum atomic E-state index is 0.214. The van der Waals surface area contributed by atoms with Crippen LogP contribution < -0.4 is 5.32 Å². The van der Waals surface area contributed by atoms with Gasteiger partial charge in [0.15, 0.2) is 0 Å². The molecule has 1 heterocycles. The van der Waals surface area contributed by atoms with Crippen LogP contribution in [0.3, 0.4) is 0 Å². The lowest BCUT2D eigenvalue weighted by Crippen LogP contribution is -2.30. The molecule has 0 unspecified atom stereocenters. The van der Waals surface area contributed by atoms with Gasteiger partial charge in [-0.2, -0.15) is 0 Å². The molecule has 0 aromatic heterocycles. The Kier molecular flexibility index (Phi) is 5.30. The number of hydrogen-bond donors (Lipinski definition) is 1. The fraction of sp³-hybridized carbons (Fsp3) is 0.929. The zero-order valence-electron chi connectivity index (χ0n) is 10.7. The van der Waals surface area contributed by atoms with Crippen LogP contribution in [0.15, 0.2) is 0 Å². The van der Waals surface area contributed by atoms with Crippen molar-refractivity contribution >= 4 is 5.91 Å². The van der Waals surface area contributed by atoms with Gasteiger partial charge in [0.1, 0.15) is 0 Å². The Morgan fingerprint density at radius 2 is 1.94 bits per heavy atom. The molecule has 3 heteroatoms.